The number of thioether (sulfide) groups is 1. The van der Waals surface area contributed by atoms with Gasteiger partial charge in [0, 0.05) is 16.2 Å². The normalized spacial score (nSPS) is 13.9. The maximum atomic E-state index is 12.4. The first-order valence-corrected chi connectivity index (χ1v) is 10.8. The van der Waals surface area contributed by atoms with Crippen LogP contribution in [0.2, 0.25) is 5.02 Å². The van der Waals surface area contributed by atoms with E-state index in [0.29, 0.717) is 5.02 Å². The molecule has 2 aromatic carbocycles. The molecule has 0 aromatic heterocycles. The Morgan fingerprint density at radius 3 is 2.12 bits per heavy atom. The van der Waals surface area contributed by atoms with Gasteiger partial charge in [-0.3, -0.25) is 4.79 Å². The highest BCUT2D eigenvalue weighted by molar-refractivity contribution is 8.00. The molecule has 1 N–H and O–H groups in total. The lowest BCUT2D eigenvalue weighted by Gasteiger charge is -2.18. The van der Waals surface area contributed by atoms with Gasteiger partial charge in [-0.25, -0.2) is 8.42 Å². The van der Waals surface area contributed by atoms with E-state index in [9.17, 15) is 13.2 Å². The molecule has 0 aliphatic carbocycles. The van der Waals surface area contributed by atoms with Crippen molar-refractivity contribution in [2.45, 2.75) is 34.9 Å². The lowest BCUT2D eigenvalue weighted by Crippen LogP contribution is -2.33. The minimum absolute atomic E-state index is 0.0837. The highest BCUT2D eigenvalue weighted by Crippen LogP contribution is 2.25. The smallest absolute Gasteiger partial charge is 0.233 e. The first kappa shape index (κ1) is 19.8. The van der Waals surface area contributed by atoms with Crippen LogP contribution in [0.4, 0.5) is 0 Å². The van der Waals surface area contributed by atoms with E-state index in [1.807, 2.05) is 26.0 Å². The Hall–Kier alpha value is -1.50. The van der Waals surface area contributed by atoms with Gasteiger partial charge >= 0.3 is 0 Å². The Morgan fingerprint density at radius 2 is 1.60 bits per heavy atom. The summed E-state index contributed by atoms with van der Waals surface area (Å²) in [6, 6.07) is 13.7. The molecule has 0 unspecified atom stereocenters. The van der Waals surface area contributed by atoms with Crippen molar-refractivity contribution in [2.24, 2.45) is 0 Å². The Balaban J connectivity index is 1.97. The van der Waals surface area contributed by atoms with Crippen LogP contribution in [-0.2, 0) is 14.6 Å². The maximum Gasteiger partial charge on any atom is 0.233 e. The Bertz CT molecular complexity index is 834. The number of halogens is 1. The van der Waals surface area contributed by atoms with Crippen molar-refractivity contribution in [1.82, 2.24) is 5.32 Å². The molecule has 134 valence electrons. The zero-order chi connectivity index (χ0) is 18.6. The first-order chi connectivity index (χ1) is 11.7. The van der Waals surface area contributed by atoms with Crippen LogP contribution in [0.15, 0.2) is 58.3 Å². The topological polar surface area (TPSA) is 63.2 Å². The second kappa shape index (κ2) is 8.25. The van der Waals surface area contributed by atoms with Gasteiger partial charge < -0.3 is 5.32 Å². The van der Waals surface area contributed by atoms with Crippen LogP contribution in [0.25, 0.3) is 0 Å². The Labute approximate surface area is 157 Å². The quantitative estimate of drug-likeness (QED) is 0.745. The summed E-state index contributed by atoms with van der Waals surface area (Å²) in [5, 5.41) is 3.35. The number of hydrogen-bond donors (Lipinski definition) is 1. The third kappa shape index (κ3) is 5.76. The molecule has 2 aromatic rings. The number of rotatable bonds is 6. The summed E-state index contributed by atoms with van der Waals surface area (Å²) in [7, 11) is -3.22. The van der Waals surface area contributed by atoms with Crippen LogP contribution in [0, 0.1) is 0 Å². The monoisotopic (exact) mass is 397 g/mol. The van der Waals surface area contributed by atoms with E-state index in [1.165, 1.54) is 18.0 Å². The van der Waals surface area contributed by atoms with Crippen molar-refractivity contribution in [3.63, 3.8) is 0 Å². The van der Waals surface area contributed by atoms with Crippen molar-refractivity contribution >= 4 is 39.1 Å². The molecule has 0 heterocycles. The van der Waals surface area contributed by atoms with Gasteiger partial charge in [-0.05, 0) is 55.8 Å². The van der Waals surface area contributed by atoms with Crippen LogP contribution in [0.3, 0.4) is 0 Å². The average molecular weight is 398 g/mol. The molecule has 0 radical (unpaired) electrons. The first-order valence-electron chi connectivity index (χ1n) is 7.69. The summed E-state index contributed by atoms with van der Waals surface area (Å²) in [5.41, 5.74) is 0.851. The average Bonchev–Trinajstić information content (AvgIpc) is 2.56. The maximum absolute atomic E-state index is 12.4. The molecule has 1 amide bonds. The zero-order valence-electron chi connectivity index (χ0n) is 14.2. The van der Waals surface area contributed by atoms with E-state index in [-0.39, 0.29) is 22.1 Å². The Kier molecular flexibility index (Phi) is 6.54. The molecule has 0 spiro atoms. The summed E-state index contributed by atoms with van der Waals surface area (Å²) in [6.45, 7) is 3.71. The number of nitrogens with one attached hydrogen (secondary N) is 1. The molecule has 2 rings (SSSR count). The number of benzene rings is 2. The number of hydrogen-bond acceptors (Lipinski definition) is 4. The van der Waals surface area contributed by atoms with Gasteiger partial charge in [0.15, 0.2) is 9.84 Å². The van der Waals surface area contributed by atoms with Crippen molar-refractivity contribution in [3.05, 3.63) is 59.1 Å². The molecule has 0 aliphatic rings. The van der Waals surface area contributed by atoms with E-state index < -0.39 is 9.84 Å². The number of amides is 1. The molecule has 0 fully saturated rings. The van der Waals surface area contributed by atoms with E-state index >= 15 is 0 Å². The minimum atomic E-state index is -3.22. The summed E-state index contributed by atoms with van der Waals surface area (Å²) >= 11 is 7.31. The summed E-state index contributed by atoms with van der Waals surface area (Å²) < 4.78 is 23.0. The third-order valence-electron chi connectivity index (χ3n) is 3.66. The van der Waals surface area contributed by atoms with E-state index in [4.69, 9.17) is 11.6 Å². The lowest BCUT2D eigenvalue weighted by atomic mass is 10.1. The van der Waals surface area contributed by atoms with Crippen molar-refractivity contribution < 1.29 is 13.2 Å². The zero-order valence-corrected chi connectivity index (χ0v) is 16.6. The molecule has 2 atom stereocenters. The van der Waals surface area contributed by atoms with E-state index in [0.717, 1.165) is 10.5 Å². The summed E-state index contributed by atoms with van der Waals surface area (Å²) in [5.74, 6) is -0.0837. The van der Waals surface area contributed by atoms with Crippen LogP contribution in [-0.4, -0.2) is 25.8 Å². The summed E-state index contributed by atoms with van der Waals surface area (Å²) in [4.78, 5) is 13.6. The molecule has 7 heteroatoms. The summed E-state index contributed by atoms with van der Waals surface area (Å²) in [6.07, 6.45) is 1.17. The number of sulfone groups is 1. The highest BCUT2D eigenvalue weighted by Gasteiger charge is 2.18. The molecular weight excluding hydrogens is 378 g/mol. The van der Waals surface area contributed by atoms with Gasteiger partial charge in [-0.15, -0.1) is 11.8 Å². The fourth-order valence-electron chi connectivity index (χ4n) is 2.19. The highest BCUT2D eigenvalue weighted by atomic mass is 35.5. The van der Waals surface area contributed by atoms with Gasteiger partial charge in [0.2, 0.25) is 5.91 Å². The van der Waals surface area contributed by atoms with Crippen LogP contribution in [0.1, 0.15) is 25.5 Å². The molecular formula is C18H20ClNO3S2. The van der Waals surface area contributed by atoms with Crippen LogP contribution in [0.5, 0.6) is 0 Å². The predicted molar refractivity (Wildman–Crippen MR) is 103 cm³/mol. The van der Waals surface area contributed by atoms with Gasteiger partial charge in [-0.1, -0.05) is 23.7 Å². The predicted octanol–water partition coefficient (Wildman–Crippen LogP) is 4.10. The molecule has 0 saturated heterocycles. The second-order valence-corrected chi connectivity index (χ2v) is 9.65. The number of carbonyl (C=O) groups excluding carboxylic acids is 1. The lowest BCUT2D eigenvalue weighted by molar-refractivity contribution is -0.120. The molecule has 4 nitrogen and oxygen atoms in total. The fraction of sp³-hybridized carbons (Fsp3) is 0.278. The number of carbonyl (C=O) groups is 1. The van der Waals surface area contributed by atoms with Gasteiger partial charge in [0.1, 0.15) is 0 Å². The largest absolute Gasteiger partial charge is 0.349 e. The van der Waals surface area contributed by atoms with E-state index in [1.54, 1.807) is 36.4 Å². The van der Waals surface area contributed by atoms with Crippen molar-refractivity contribution in [3.8, 4) is 0 Å². The van der Waals surface area contributed by atoms with Crippen molar-refractivity contribution in [1.29, 1.82) is 0 Å². The van der Waals surface area contributed by atoms with Gasteiger partial charge in [0.05, 0.1) is 16.2 Å². The molecule has 0 saturated carbocycles. The SMILES string of the molecule is C[C@H](Sc1ccc(Cl)cc1)C(=O)N[C@@H](C)c1ccc(S(C)(=O)=O)cc1. The molecule has 0 aliphatic heterocycles. The third-order valence-corrected chi connectivity index (χ3v) is 6.16. The fourth-order valence-corrected chi connectivity index (χ4v) is 3.82. The van der Waals surface area contributed by atoms with Gasteiger partial charge in [-0.2, -0.15) is 0 Å². The Morgan fingerprint density at radius 1 is 1.04 bits per heavy atom. The minimum Gasteiger partial charge on any atom is -0.349 e. The molecule has 0 bridgehead atoms. The standard InChI is InChI=1S/C18H20ClNO3S2/c1-12(14-4-10-17(11-5-14)25(3,22)23)20-18(21)13(2)24-16-8-6-15(19)7-9-16/h4-13H,1-3H3,(H,20,21)/t12-,13-/m0/s1. The second-order valence-electron chi connectivity index (χ2n) is 5.79. The van der Waals surface area contributed by atoms with Crippen molar-refractivity contribution in [2.75, 3.05) is 6.26 Å². The van der Waals surface area contributed by atoms with E-state index in [2.05, 4.69) is 5.32 Å². The van der Waals surface area contributed by atoms with Crippen LogP contribution >= 0.6 is 23.4 Å². The van der Waals surface area contributed by atoms with Crippen LogP contribution < -0.4 is 5.32 Å². The molecule has 25 heavy (non-hydrogen) atoms. The van der Waals surface area contributed by atoms with Gasteiger partial charge in [0.25, 0.3) is 0 Å².